The second kappa shape index (κ2) is 11.2. The molecule has 2 aromatic carbocycles. The van der Waals surface area contributed by atoms with Crippen molar-refractivity contribution in [2.75, 3.05) is 12.0 Å². The van der Waals surface area contributed by atoms with E-state index in [0.717, 1.165) is 36.3 Å². The number of hydrogen-bond donors (Lipinski definition) is 0. The van der Waals surface area contributed by atoms with E-state index in [4.69, 9.17) is 4.74 Å². The highest BCUT2D eigenvalue weighted by Gasteiger charge is 2.42. The van der Waals surface area contributed by atoms with Crippen molar-refractivity contribution < 1.29 is 49.4 Å². The van der Waals surface area contributed by atoms with Gasteiger partial charge in [-0.1, -0.05) is 13.8 Å². The molecule has 5 nitrogen and oxygen atoms in total. The summed E-state index contributed by atoms with van der Waals surface area (Å²) in [5.41, 5.74) is -3.67. The van der Waals surface area contributed by atoms with Crippen LogP contribution in [0, 0.1) is 0 Å². The maximum Gasteiger partial charge on any atom is 0.416 e. The molecular weight excluding hydrogens is 552 g/mol. The number of carbonyl (C=O) groups is 2. The number of rotatable bonds is 6. The molecule has 0 radical (unpaired) electrons. The van der Waals surface area contributed by atoms with Gasteiger partial charge < -0.3 is 9.64 Å². The normalized spacial score (nSPS) is 17.9. The van der Waals surface area contributed by atoms with E-state index in [1.165, 1.54) is 4.90 Å². The lowest BCUT2D eigenvalue weighted by molar-refractivity contribution is -0.138. The Morgan fingerprint density at radius 1 is 0.925 bits per heavy atom. The Morgan fingerprint density at radius 3 is 2.02 bits per heavy atom. The van der Waals surface area contributed by atoms with Crippen LogP contribution in [0.4, 0.5) is 45.6 Å². The largest absolute Gasteiger partial charge is 0.453 e. The first-order valence-electron chi connectivity index (χ1n) is 12.4. The summed E-state index contributed by atoms with van der Waals surface area (Å²) in [6.45, 7) is 3.06. The molecule has 0 fully saturated rings. The fourth-order valence-corrected chi connectivity index (χ4v) is 4.87. The summed E-state index contributed by atoms with van der Waals surface area (Å²) < 4.78 is 115. The Morgan fingerprint density at radius 2 is 1.52 bits per heavy atom. The summed E-state index contributed by atoms with van der Waals surface area (Å²) in [5.74, 6) is -4.02. The summed E-state index contributed by atoms with van der Waals surface area (Å²) in [6, 6.07) is 2.66. The van der Waals surface area contributed by atoms with Crippen LogP contribution in [-0.4, -0.2) is 30.1 Å². The predicted octanol–water partition coefficient (Wildman–Crippen LogP) is 8.07. The minimum Gasteiger partial charge on any atom is -0.453 e. The molecule has 1 aliphatic heterocycles. The van der Waals surface area contributed by atoms with Gasteiger partial charge in [-0.2, -0.15) is 26.3 Å². The van der Waals surface area contributed by atoms with E-state index >= 15 is 0 Å². The number of alkyl halides is 8. The zero-order valence-corrected chi connectivity index (χ0v) is 22.1. The Kier molecular flexibility index (Phi) is 8.76. The fourth-order valence-electron chi connectivity index (χ4n) is 4.87. The van der Waals surface area contributed by atoms with Crippen LogP contribution < -0.4 is 4.90 Å². The summed E-state index contributed by atoms with van der Waals surface area (Å²) >= 11 is 0. The lowest BCUT2D eigenvalue weighted by atomic mass is 9.87. The van der Waals surface area contributed by atoms with Crippen molar-refractivity contribution in [3.05, 3.63) is 64.2 Å². The zero-order valence-electron chi connectivity index (χ0n) is 22.1. The SMILES string of the molecule is CCC(=O)N1c2ccc(C(F)(F)F)cc2C(N(Cc2cc(C(C)(F)F)cc(C(F)(F)F)c2)C(=O)OC)C[C@H]1CC. The van der Waals surface area contributed by atoms with Gasteiger partial charge >= 0.3 is 18.4 Å². The minimum absolute atomic E-state index is 0.0422. The van der Waals surface area contributed by atoms with Crippen molar-refractivity contribution in [1.29, 1.82) is 0 Å². The van der Waals surface area contributed by atoms with E-state index < -0.39 is 59.7 Å². The average Bonchev–Trinajstić information content (AvgIpc) is 2.87. The van der Waals surface area contributed by atoms with E-state index in [-0.39, 0.29) is 35.6 Å². The second-order valence-corrected chi connectivity index (χ2v) is 9.60. The monoisotopic (exact) mass is 580 g/mol. The fraction of sp³-hybridized carbons (Fsp3) is 0.481. The molecule has 0 aliphatic carbocycles. The highest BCUT2D eigenvalue weighted by atomic mass is 19.4. The molecule has 13 heteroatoms. The van der Waals surface area contributed by atoms with Gasteiger partial charge in [0.15, 0.2) is 0 Å². The summed E-state index contributed by atoms with van der Waals surface area (Å²) in [6.07, 6.45) is -10.5. The lowest BCUT2D eigenvalue weighted by Crippen LogP contribution is -2.48. The van der Waals surface area contributed by atoms with Gasteiger partial charge in [-0.25, -0.2) is 13.6 Å². The highest BCUT2D eigenvalue weighted by molar-refractivity contribution is 5.95. The highest BCUT2D eigenvalue weighted by Crippen LogP contribution is 2.45. The lowest BCUT2D eigenvalue weighted by Gasteiger charge is -2.44. The van der Waals surface area contributed by atoms with Crippen LogP contribution in [-0.2, 0) is 34.4 Å². The van der Waals surface area contributed by atoms with Gasteiger partial charge in [0.25, 0.3) is 5.92 Å². The molecule has 0 saturated carbocycles. The summed E-state index contributed by atoms with van der Waals surface area (Å²) in [5, 5.41) is 0. The molecule has 0 spiro atoms. The average molecular weight is 581 g/mol. The Labute approximate surface area is 225 Å². The van der Waals surface area contributed by atoms with Crippen LogP contribution in [0.1, 0.15) is 73.9 Å². The zero-order chi connectivity index (χ0) is 30.2. The van der Waals surface area contributed by atoms with E-state index in [1.807, 2.05) is 0 Å². The number of ether oxygens (including phenoxy) is 1. The van der Waals surface area contributed by atoms with Crippen molar-refractivity contribution in [3.8, 4) is 0 Å². The van der Waals surface area contributed by atoms with Crippen molar-refractivity contribution in [2.24, 2.45) is 0 Å². The smallest absolute Gasteiger partial charge is 0.416 e. The van der Waals surface area contributed by atoms with E-state index in [1.54, 1.807) is 13.8 Å². The van der Waals surface area contributed by atoms with Gasteiger partial charge in [0.2, 0.25) is 5.91 Å². The van der Waals surface area contributed by atoms with Crippen LogP contribution in [0.25, 0.3) is 0 Å². The molecule has 0 N–H and O–H groups in total. The first kappa shape index (κ1) is 31.2. The third-order valence-corrected chi connectivity index (χ3v) is 6.84. The third kappa shape index (κ3) is 6.49. The molecule has 1 heterocycles. The molecule has 2 aromatic rings. The topological polar surface area (TPSA) is 49.9 Å². The summed E-state index contributed by atoms with van der Waals surface area (Å²) in [4.78, 5) is 28.1. The van der Waals surface area contributed by atoms with Crippen LogP contribution in [0.5, 0.6) is 0 Å². The van der Waals surface area contributed by atoms with Crippen LogP contribution in [0.3, 0.4) is 0 Å². The van der Waals surface area contributed by atoms with Crippen molar-refractivity contribution >= 4 is 17.7 Å². The van der Waals surface area contributed by atoms with Gasteiger partial charge in [0, 0.05) is 37.2 Å². The number of carbonyl (C=O) groups excluding carboxylic acids is 2. The molecule has 0 aromatic heterocycles. The van der Waals surface area contributed by atoms with Crippen molar-refractivity contribution in [2.45, 2.75) is 76.9 Å². The molecule has 1 aliphatic rings. The van der Waals surface area contributed by atoms with E-state index in [2.05, 4.69) is 0 Å². The number of nitrogens with zero attached hydrogens (tertiary/aromatic N) is 2. The maximum absolute atomic E-state index is 14.1. The molecule has 0 bridgehead atoms. The van der Waals surface area contributed by atoms with Crippen LogP contribution in [0.15, 0.2) is 36.4 Å². The molecule has 0 saturated heterocycles. The number of halogens is 8. The Balaban J connectivity index is 2.23. The van der Waals surface area contributed by atoms with Crippen LogP contribution >= 0.6 is 0 Å². The third-order valence-electron chi connectivity index (χ3n) is 6.84. The van der Waals surface area contributed by atoms with E-state index in [0.29, 0.717) is 25.5 Å². The van der Waals surface area contributed by atoms with Gasteiger partial charge in [0.1, 0.15) is 0 Å². The summed E-state index contributed by atoms with van der Waals surface area (Å²) in [7, 11) is 0.979. The molecule has 40 heavy (non-hydrogen) atoms. The number of fused-ring (bicyclic) bond motifs is 1. The van der Waals surface area contributed by atoms with E-state index in [9.17, 15) is 44.7 Å². The molecular formula is C27H28F8N2O3. The number of hydrogen-bond acceptors (Lipinski definition) is 3. The Bertz CT molecular complexity index is 1220. The van der Waals surface area contributed by atoms with Gasteiger partial charge in [-0.15, -0.1) is 0 Å². The van der Waals surface area contributed by atoms with Crippen molar-refractivity contribution in [1.82, 2.24) is 4.90 Å². The first-order chi connectivity index (χ1) is 18.4. The second-order valence-electron chi connectivity index (χ2n) is 9.60. The molecule has 3 rings (SSSR count). The minimum atomic E-state index is -4.99. The number of amides is 2. The van der Waals surface area contributed by atoms with Crippen LogP contribution in [0.2, 0.25) is 0 Å². The molecule has 2 atom stereocenters. The quantitative estimate of drug-likeness (QED) is 0.325. The van der Waals surface area contributed by atoms with Crippen molar-refractivity contribution in [3.63, 3.8) is 0 Å². The first-order valence-corrected chi connectivity index (χ1v) is 12.4. The number of methoxy groups -OCH3 is 1. The maximum atomic E-state index is 14.1. The molecule has 2 amide bonds. The number of anilines is 1. The van der Waals surface area contributed by atoms with Gasteiger partial charge in [-0.05, 0) is 60.4 Å². The standard InChI is InChI=1S/C27H28F8N2O3/c1-5-19-13-22(20-12-16(26(30,31)32)7-8-21(20)37(19)23(38)6-2)36(24(39)40-4)14-15-9-17(25(3,28)29)11-18(10-15)27(33,34)35/h7-12,19,22H,5-6,13-14H2,1-4H3/t19-,22?/m1/s1. The number of benzene rings is 2. The van der Waals surface area contributed by atoms with Gasteiger partial charge in [0.05, 0.1) is 24.3 Å². The Hall–Kier alpha value is -3.38. The predicted molar refractivity (Wildman–Crippen MR) is 130 cm³/mol. The van der Waals surface area contributed by atoms with Gasteiger partial charge in [-0.3, -0.25) is 9.69 Å². The molecule has 1 unspecified atom stereocenters. The molecule has 220 valence electrons.